The molecule has 2 aromatic rings. The highest BCUT2D eigenvalue weighted by Crippen LogP contribution is 2.23. The van der Waals surface area contributed by atoms with E-state index >= 15 is 0 Å². The first-order valence-electron chi connectivity index (χ1n) is 6.81. The smallest absolute Gasteiger partial charge is 0.314 e. The quantitative estimate of drug-likeness (QED) is 0.517. The van der Waals surface area contributed by atoms with Crippen molar-refractivity contribution < 1.29 is 14.5 Å². The van der Waals surface area contributed by atoms with Gasteiger partial charge >= 0.3 is 11.8 Å². The van der Waals surface area contributed by atoms with Crippen LogP contribution >= 0.6 is 0 Å². The lowest BCUT2D eigenvalue weighted by molar-refractivity contribution is -0.383. The Morgan fingerprint density at radius 1 is 0.957 bits per heavy atom. The third-order valence-electron chi connectivity index (χ3n) is 3.32. The van der Waals surface area contributed by atoms with Crippen LogP contribution in [0.4, 0.5) is 17.1 Å². The highest BCUT2D eigenvalue weighted by atomic mass is 16.6. The average Bonchev–Trinajstić information content (AvgIpc) is 2.51. The Morgan fingerprint density at radius 3 is 2.26 bits per heavy atom. The molecule has 118 valence electrons. The molecule has 2 rings (SSSR count). The summed E-state index contributed by atoms with van der Waals surface area (Å²) in [6.45, 7) is 3.82. The van der Waals surface area contributed by atoms with Crippen LogP contribution in [0.5, 0.6) is 0 Å². The van der Waals surface area contributed by atoms with Crippen molar-refractivity contribution >= 4 is 28.9 Å². The molecule has 7 nitrogen and oxygen atoms in total. The van der Waals surface area contributed by atoms with E-state index < -0.39 is 16.7 Å². The van der Waals surface area contributed by atoms with E-state index in [2.05, 4.69) is 10.6 Å². The highest BCUT2D eigenvalue weighted by molar-refractivity contribution is 6.43. The van der Waals surface area contributed by atoms with Gasteiger partial charge in [0, 0.05) is 11.8 Å². The molecule has 2 N–H and O–H groups in total. The SMILES string of the molecule is Cc1ccc(NC(=O)C(=O)Nc2ccccc2[N+](=O)[O-])cc1C. The van der Waals surface area contributed by atoms with E-state index in [0.717, 1.165) is 11.1 Å². The Bertz CT molecular complexity index is 787. The molecule has 0 bridgehead atoms. The number of nitrogens with one attached hydrogen (secondary N) is 2. The van der Waals surface area contributed by atoms with Crippen molar-refractivity contribution in [3.8, 4) is 0 Å². The molecule has 0 saturated heterocycles. The second-order valence-corrected chi connectivity index (χ2v) is 4.98. The second kappa shape index (κ2) is 6.69. The van der Waals surface area contributed by atoms with Gasteiger partial charge in [0.05, 0.1) is 4.92 Å². The molecule has 0 unspecified atom stereocenters. The zero-order chi connectivity index (χ0) is 17.0. The van der Waals surface area contributed by atoms with E-state index in [1.54, 1.807) is 12.1 Å². The van der Waals surface area contributed by atoms with Gasteiger partial charge in [-0.15, -0.1) is 0 Å². The number of carbonyl (C=O) groups excluding carboxylic acids is 2. The van der Waals surface area contributed by atoms with Gasteiger partial charge in [-0.05, 0) is 43.2 Å². The number of para-hydroxylation sites is 2. The normalized spacial score (nSPS) is 10.0. The predicted octanol–water partition coefficient (Wildman–Crippen LogP) is 2.79. The predicted molar refractivity (Wildman–Crippen MR) is 86.3 cm³/mol. The monoisotopic (exact) mass is 313 g/mol. The van der Waals surface area contributed by atoms with Crippen LogP contribution in [0.25, 0.3) is 0 Å². The minimum Gasteiger partial charge on any atom is -0.318 e. The summed E-state index contributed by atoms with van der Waals surface area (Å²) in [5.41, 5.74) is 2.21. The maximum absolute atomic E-state index is 11.9. The molecule has 0 aromatic heterocycles. The van der Waals surface area contributed by atoms with Crippen LogP contribution in [0, 0.1) is 24.0 Å². The van der Waals surface area contributed by atoms with Gasteiger partial charge in [0.2, 0.25) is 0 Å². The topological polar surface area (TPSA) is 101 Å². The Kier molecular flexibility index (Phi) is 4.70. The van der Waals surface area contributed by atoms with Crippen molar-refractivity contribution in [2.24, 2.45) is 0 Å². The fraction of sp³-hybridized carbons (Fsp3) is 0.125. The first-order valence-corrected chi connectivity index (χ1v) is 6.81. The van der Waals surface area contributed by atoms with Crippen molar-refractivity contribution in [2.75, 3.05) is 10.6 Å². The number of hydrogen-bond donors (Lipinski definition) is 2. The van der Waals surface area contributed by atoms with Crippen molar-refractivity contribution in [2.45, 2.75) is 13.8 Å². The Balaban J connectivity index is 2.10. The van der Waals surface area contributed by atoms with Crippen molar-refractivity contribution in [1.29, 1.82) is 0 Å². The Morgan fingerprint density at radius 2 is 1.61 bits per heavy atom. The summed E-state index contributed by atoms with van der Waals surface area (Å²) in [6, 6.07) is 10.9. The molecule has 23 heavy (non-hydrogen) atoms. The van der Waals surface area contributed by atoms with Crippen LogP contribution in [0.2, 0.25) is 0 Å². The van der Waals surface area contributed by atoms with Crippen molar-refractivity contribution in [3.63, 3.8) is 0 Å². The summed E-state index contributed by atoms with van der Waals surface area (Å²) in [7, 11) is 0. The van der Waals surface area contributed by atoms with Crippen LogP contribution in [0.1, 0.15) is 11.1 Å². The van der Waals surface area contributed by atoms with E-state index in [1.165, 1.54) is 24.3 Å². The summed E-state index contributed by atoms with van der Waals surface area (Å²) >= 11 is 0. The van der Waals surface area contributed by atoms with Crippen LogP contribution < -0.4 is 10.6 Å². The van der Waals surface area contributed by atoms with E-state index in [-0.39, 0.29) is 11.4 Å². The zero-order valence-electron chi connectivity index (χ0n) is 12.6. The molecule has 0 saturated carbocycles. The van der Waals surface area contributed by atoms with Gasteiger partial charge in [-0.2, -0.15) is 0 Å². The van der Waals surface area contributed by atoms with Crippen LogP contribution in [0.3, 0.4) is 0 Å². The van der Waals surface area contributed by atoms with Gasteiger partial charge < -0.3 is 10.6 Å². The van der Waals surface area contributed by atoms with Crippen LogP contribution in [-0.4, -0.2) is 16.7 Å². The summed E-state index contributed by atoms with van der Waals surface area (Å²) in [6.07, 6.45) is 0. The third kappa shape index (κ3) is 3.91. The Hall–Kier alpha value is -3.22. The zero-order valence-corrected chi connectivity index (χ0v) is 12.6. The molecule has 0 radical (unpaired) electrons. The molecule has 7 heteroatoms. The number of anilines is 2. The molecular formula is C16H15N3O4. The summed E-state index contributed by atoms with van der Waals surface area (Å²) in [5, 5.41) is 15.6. The molecule has 0 spiro atoms. The molecule has 0 fully saturated rings. The van der Waals surface area contributed by atoms with Gasteiger partial charge in [-0.3, -0.25) is 19.7 Å². The van der Waals surface area contributed by atoms with Crippen molar-refractivity contribution in [1.82, 2.24) is 0 Å². The highest BCUT2D eigenvalue weighted by Gasteiger charge is 2.19. The molecule has 2 aromatic carbocycles. The van der Waals surface area contributed by atoms with E-state index in [4.69, 9.17) is 0 Å². The molecule has 0 aliphatic heterocycles. The van der Waals surface area contributed by atoms with E-state index in [1.807, 2.05) is 19.9 Å². The number of nitrogens with zero attached hydrogens (tertiary/aromatic N) is 1. The van der Waals surface area contributed by atoms with Crippen molar-refractivity contribution in [3.05, 3.63) is 63.7 Å². The summed E-state index contributed by atoms with van der Waals surface area (Å²) in [5.74, 6) is -1.87. The molecule has 0 heterocycles. The van der Waals surface area contributed by atoms with Crippen LogP contribution in [-0.2, 0) is 9.59 Å². The number of nitro groups is 1. The largest absolute Gasteiger partial charge is 0.318 e. The summed E-state index contributed by atoms with van der Waals surface area (Å²) < 4.78 is 0. The number of carbonyl (C=O) groups is 2. The Labute approximate surface area is 132 Å². The lowest BCUT2D eigenvalue weighted by Crippen LogP contribution is -2.29. The molecular weight excluding hydrogens is 298 g/mol. The molecule has 0 aliphatic carbocycles. The molecule has 0 aliphatic rings. The first kappa shape index (κ1) is 16.2. The molecule has 2 amide bonds. The number of rotatable bonds is 3. The standard InChI is InChI=1S/C16H15N3O4/c1-10-7-8-12(9-11(10)2)17-15(20)16(21)18-13-5-3-4-6-14(13)19(22)23/h3-9H,1-2H3,(H,17,20)(H,18,21). The lowest BCUT2D eigenvalue weighted by atomic mass is 10.1. The third-order valence-corrected chi connectivity index (χ3v) is 3.32. The maximum atomic E-state index is 11.9. The average molecular weight is 313 g/mol. The minimum atomic E-state index is -0.975. The van der Waals surface area contributed by atoms with Gasteiger partial charge in [-0.25, -0.2) is 0 Å². The number of benzene rings is 2. The van der Waals surface area contributed by atoms with E-state index in [0.29, 0.717) is 5.69 Å². The van der Waals surface area contributed by atoms with Gasteiger partial charge in [0.15, 0.2) is 0 Å². The van der Waals surface area contributed by atoms with E-state index in [9.17, 15) is 19.7 Å². The number of aryl methyl sites for hydroxylation is 2. The number of hydrogen-bond acceptors (Lipinski definition) is 4. The van der Waals surface area contributed by atoms with Gasteiger partial charge in [0.1, 0.15) is 5.69 Å². The minimum absolute atomic E-state index is 0.0299. The van der Waals surface area contributed by atoms with Gasteiger partial charge in [0.25, 0.3) is 5.69 Å². The summed E-state index contributed by atoms with van der Waals surface area (Å²) in [4.78, 5) is 34.1. The van der Waals surface area contributed by atoms with Crippen LogP contribution in [0.15, 0.2) is 42.5 Å². The molecule has 0 atom stereocenters. The fourth-order valence-electron chi connectivity index (χ4n) is 1.92. The van der Waals surface area contributed by atoms with Gasteiger partial charge in [-0.1, -0.05) is 18.2 Å². The lowest BCUT2D eigenvalue weighted by Gasteiger charge is -2.08. The number of nitro benzene ring substituents is 1. The first-order chi connectivity index (χ1) is 10.9. The maximum Gasteiger partial charge on any atom is 0.314 e. The number of amides is 2. The second-order valence-electron chi connectivity index (χ2n) is 4.98. The fourth-order valence-corrected chi connectivity index (χ4v) is 1.92.